The van der Waals surface area contributed by atoms with Gasteiger partial charge in [-0.1, -0.05) is 63.8 Å². The number of Topliss-reactive ketones (excluding diaryl/α,β-unsaturated/α-hetero) is 1. The zero-order valence-electron chi connectivity index (χ0n) is 25.7. The van der Waals surface area contributed by atoms with E-state index in [4.69, 9.17) is 18.9 Å². The lowest BCUT2D eigenvalue weighted by atomic mass is 9.79. The second-order valence-corrected chi connectivity index (χ2v) is 12.7. The van der Waals surface area contributed by atoms with Crippen LogP contribution in [0.15, 0.2) is 43.0 Å². The summed E-state index contributed by atoms with van der Waals surface area (Å²) in [4.78, 5) is 66.3. The number of carbonyl (C=O) groups is 5. The summed E-state index contributed by atoms with van der Waals surface area (Å²) in [6.45, 7) is 18.1. The number of amides is 1. The molecule has 3 atom stereocenters. The van der Waals surface area contributed by atoms with Gasteiger partial charge in [0.05, 0.1) is 12.0 Å². The summed E-state index contributed by atoms with van der Waals surface area (Å²) in [5.41, 5.74) is -2.00. The molecule has 0 aliphatic carbocycles. The summed E-state index contributed by atoms with van der Waals surface area (Å²) in [6.07, 6.45) is -0.153. The summed E-state index contributed by atoms with van der Waals surface area (Å²) >= 11 is 0. The minimum atomic E-state index is -1.82. The van der Waals surface area contributed by atoms with Crippen molar-refractivity contribution in [1.29, 1.82) is 0 Å². The third kappa shape index (κ3) is 13.0. The smallest absolute Gasteiger partial charge is 0.408 e. The molecule has 1 N–H and O–H groups in total. The standard InChI is InChI=1S/C31H45NO9/c1-11-17-38-26(35)23(27(36)40-30(5,6)7)21(25(34)39-19-20-15-13-12-14-16-20)18-22(33)24(29(2,3)4)32-28(37)41-31(8,9)10/h11-16,21,23-24H,1,17-19H2,2-10H3,(H,32,37)/t21-,23?,24+/m0/s1. The number of benzene rings is 1. The molecule has 1 aromatic rings. The number of hydrogen-bond donors (Lipinski definition) is 1. The highest BCUT2D eigenvalue weighted by Crippen LogP contribution is 2.29. The molecule has 0 aliphatic rings. The average molecular weight is 576 g/mol. The molecule has 0 saturated heterocycles. The quantitative estimate of drug-likeness (QED) is 0.159. The first-order valence-electron chi connectivity index (χ1n) is 13.5. The summed E-state index contributed by atoms with van der Waals surface area (Å²) in [6, 6.07) is 7.65. The summed E-state index contributed by atoms with van der Waals surface area (Å²) in [7, 11) is 0. The van der Waals surface area contributed by atoms with Crippen LogP contribution in [0.25, 0.3) is 0 Å². The number of carbonyl (C=O) groups excluding carboxylic acids is 5. The fourth-order valence-electron chi connectivity index (χ4n) is 3.73. The fourth-order valence-corrected chi connectivity index (χ4v) is 3.73. The molecule has 1 aromatic carbocycles. The van der Waals surface area contributed by atoms with Gasteiger partial charge in [0, 0.05) is 6.42 Å². The van der Waals surface area contributed by atoms with E-state index in [-0.39, 0.29) is 13.2 Å². The van der Waals surface area contributed by atoms with Gasteiger partial charge in [-0.2, -0.15) is 0 Å². The highest BCUT2D eigenvalue weighted by Gasteiger charge is 2.47. The Labute approximate surface area is 243 Å². The summed E-state index contributed by atoms with van der Waals surface area (Å²) in [5.74, 6) is -7.13. The molecule has 41 heavy (non-hydrogen) atoms. The third-order valence-electron chi connectivity index (χ3n) is 5.46. The van der Waals surface area contributed by atoms with E-state index in [1.807, 2.05) is 0 Å². The molecule has 0 radical (unpaired) electrons. The van der Waals surface area contributed by atoms with Gasteiger partial charge in [0.15, 0.2) is 11.7 Å². The van der Waals surface area contributed by atoms with E-state index < -0.39 is 70.7 Å². The van der Waals surface area contributed by atoms with Crippen molar-refractivity contribution in [3.05, 3.63) is 48.6 Å². The first-order valence-corrected chi connectivity index (χ1v) is 13.5. The van der Waals surface area contributed by atoms with E-state index in [9.17, 15) is 24.0 Å². The number of alkyl carbamates (subject to hydrolysis) is 1. The van der Waals surface area contributed by atoms with Crippen molar-refractivity contribution >= 4 is 29.8 Å². The van der Waals surface area contributed by atoms with Crippen LogP contribution in [0.2, 0.25) is 0 Å². The lowest BCUT2D eigenvalue weighted by molar-refractivity contribution is -0.177. The number of hydrogen-bond acceptors (Lipinski definition) is 9. The summed E-state index contributed by atoms with van der Waals surface area (Å²) in [5, 5.41) is 2.58. The third-order valence-corrected chi connectivity index (χ3v) is 5.46. The molecule has 1 unspecified atom stereocenters. The molecule has 0 heterocycles. The second kappa shape index (κ2) is 14.8. The largest absolute Gasteiger partial charge is 0.461 e. The van der Waals surface area contributed by atoms with Crippen LogP contribution >= 0.6 is 0 Å². The molecule has 10 heteroatoms. The van der Waals surface area contributed by atoms with Crippen LogP contribution in [-0.4, -0.2) is 53.6 Å². The van der Waals surface area contributed by atoms with Gasteiger partial charge in [0.2, 0.25) is 0 Å². The Hall–Kier alpha value is -3.69. The van der Waals surface area contributed by atoms with Gasteiger partial charge in [-0.25, -0.2) is 4.79 Å². The predicted octanol–water partition coefficient (Wildman–Crippen LogP) is 4.93. The number of esters is 3. The molecular formula is C31H45NO9. The van der Waals surface area contributed by atoms with E-state index in [2.05, 4.69) is 11.9 Å². The fraction of sp³-hybridized carbons (Fsp3) is 0.581. The predicted molar refractivity (Wildman–Crippen MR) is 152 cm³/mol. The van der Waals surface area contributed by atoms with Crippen molar-refractivity contribution in [2.24, 2.45) is 17.3 Å². The molecule has 0 aromatic heterocycles. The van der Waals surface area contributed by atoms with Crippen LogP contribution in [0.4, 0.5) is 4.79 Å². The van der Waals surface area contributed by atoms with E-state index in [0.717, 1.165) is 0 Å². The van der Waals surface area contributed by atoms with Crippen molar-refractivity contribution in [1.82, 2.24) is 5.32 Å². The maximum atomic E-state index is 13.7. The maximum Gasteiger partial charge on any atom is 0.408 e. The second-order valence-electron chi connectivity index (χ2n) is 12.7. The van der Waals surface area contributed by atoms with Gasteiger partial charge in [0.1, 0.15) is 24.4 Å². The Balaban J connectivity index is 3.49. The van der Waals surface area contributed by atoms with Crippen LogP contribution in [0, 0.1) is 17.3 Å². The SMILES string of the molecule is C=CCOC(=O)C(C(=O)OC(C)(C)C)[C@H](CC(=O)[C@@H](NC(=O)OC(C)(C)C)C(C)(C)C)C(=O)OCc1ccccc1. The number of ketones is 1. The zero-order chi connectivity index (χ0) is 31.6. The monoisotopic (exact) mass is 575 g/mol. The number of ether oxygens (including phenoxy) is 4. The normalized spacial score (nSPS) is 14.1. The van der Waals surface area contributed by atoms with Crippen molar-refractivity contribution in [3.8, 4) is 0 Å². The molecule has 0 fully saturated rings. The number of rotatable bonds is 12. The lowest BCUT2D eigenvalue weighted by Gasteiger charge is -2.33. The molecule has 1 amide bonds. The van der Waals surface area contributed by atoms with Crippen molar-refractivity contribution in [2.45, 2.75) is 92.6 Å². The van der Waals surface area contributed by atoms with Gasteiger partial charge in [-0.15, -0.1) is 0 Å². The molecule has 10 nitrogen and oxygen atoms in total. The van der Waals surface area contributed by atoms with E-state index in [1.54, 1.807) is 92.6 Å². The highest BCUT2D eigenvalue weighted by molar-refractivity contribution is 6.01. The molecule has 0 spiro atoms. The minimum absolute atomic E-state index is 0.161. The first-order chi connectivity index (χ1) is 18.7. The van der Waals surface area contributed by atoms with Crippen LogP contribution in [0.1, 0.15) is 74.3 Å². The Morgan fingerprint density at radius 2 is 1.37 bits per heavy atom. The number of nitrogens with one attached hydrogen (secondary N) is 1. The molecule has 228 valence electrons. The maximum absolute atomic E-state index is 13.7. The minimum Gasteiger partial charge on any atom is -0.461 e. The van der Waals surface area contributed by atoms with Crippen LogP contribution < -0.4 is 5.32 Å². The van der Waals surface area contributed by atoms with E-state index in [0.29, 0.717) is 5.56 Å². The van der Waals surface area contributed by atoms with Gasteiger partial charge in [0.25, 0.3) is 0 Å². The zero-order valence-corrected chi connectivity index (χ0v) is 25.7. The van der Waals surface area contributed by atoms with Gasteiger partial charge >= 0.3 is 24.0 Å². The Morgan fingerprint density at radius 1 is 0.805 bits per heavy atom. The Bertz CT molecular complexity index is 1080. The Kier molecular flexibility index (Phi) is 12.8. The lowest BCUT2D eigenvalue weighted by Crippen LogP contribution is -2.52. The van der Waals surface area contributed by atoms with Crippen LogP contribution in [0.3, 0.4) is 0 Å². The van der Waals surface area contributed by atoms with Crippen LogP contribution in [0.5, 0.6) is 0 Å². The molecule has 0 aliphatic heterocycles. The molecule has 1 rings (SSSR count). The van der Waals surface area contributed by atoms with Gasteiger partial charge in [-0.05, 0) is 52.5 Å². The van der Waals surface area contributed by atoms with Crippen molar-refractivity contribution in [2.75, 3.05) is 6.61 Å². The van der Waals surface area contributed by atoms with Crippen molar-refractivity contribution < 1.29 is 42.9 Å². The van der Waals surface area contributed by atoms with Gasteiger partial charge in [-0.3, -0.25) is 19.2 Å². The highest BCUT2D eigenvalue weighted by atomic mass is 16.6. The first kappa shape index (κ1) is 35.3. The van der Waals surface area contributed by atoms with Gasteiger partial charge < -0.3 is 24.3 Å². The van der Waals surface area contributed by atoms with Crippen molar-refractivity contribution in [3.63, 3.8) is 0 Å². The average Bonchev–Trinajstić information content (AvgIpc) is 2.81. The van der Waals surface area contributed by atoms with E-state index in [1.165, 1.54) is 6.08 Å². The molecular weight excluding hydrogens is 530 g/mol. The van der Waals surface area contributed by atoms with E-state index >= 15 is 0 Å². The topological polar surface area (TPSA) is 134 Å². The molecule has 0 bridgehead atoms. The molecule has 0 saturated carbocycles. The summed E-state index contributed by atoms with van der Waals surface area (Å²) < 4.78 is 21.4. The Morgan fingerprint density at radius 3 is 1.85 bits per heavy atom. The van der Waals surface area contributed by atoms with Crippen LogP contribution in [-0.2, 0) is 44.7 Å².